The van der Waals surface area contributed by atoms with Crippen LogP contribution in [0, 0.1) is 27.4 Å². The molecule has 0 amide bonds. The topological polar surface area (TPSA) is 131 Å². The minimum absolute atomic E-state index is 0.00404. The maximum absolute atomic E-state index is 12.7. The Kier molecular flexibility index (Phi) is 9.09. The van der Waals surface area contributed by atoms with Crippen LogP contribution in [0.2, 0.25) is 0 Å². The molecule has 0 spiro atoms. The number of carbonyl (C=O) groups is 3. The Morgan fingerprint density at radius 3 is 2.55 bits per heavy atom. The van der Waals surface area contributed by atoms with Gasteiger partial charge in [-0.25, -0.2) is 4.79 Å². The maximum Gasteiger partial charge on any atom is 0.343 e. The van der Waals surface area contributed by atoms with Crippen LogP contribution in [0.1, 0.15) is 85.7 Å². The van der Waals surface area contributed by atoms with Crippen molar-refractivity contribution < 1.29 is 38.5 Å². The van der Waals surface area contributed by atoms with E-state index >= 15 is 0 Å². The number of hydrogen-bond acceptors (Lipinski definition) is 9. The van der Waals surface area contributed by atoms with Crippen molar-refractivity contribution in [2.24, 2.45) is 17.3 Å². The maximum atomic E-state index is 12.7. The molecule has 0 N–H and O–H groups in total. The lowest BCUT2D eigenvalue weighted by Crippen LogP contribution is -2.45. The summed E-state index contributed by atoms with van der Waals surface area (Å²) in [6.45, 7) is 2.10. The minimum atomic E-state index is -0.894. The van der Waals surface area contributed by atoms with E-state index in [0.717, 1.165) is 38.5 Å². The van der Waals surface area contributed by atoms with Gasteiger partial charge in [-0.3, -0.25) is 9.59 Å². The number of carbonyl (C=O) groups excluding carboxylic acids is 3. The molecule has 2 fully saturated rings. The van der Waals surface area contributed by atoms with Gasteiger partial charge in [0.1, 0.15) is 11.9 Å². The van der Waals surface area contributed by atoms with Crippen LogP contribution < -0.4 is 4.74 Å². The third-order valence-corrected chi connectivity index (χ3v) is 9.39. The number of fused-ring (bicyclic) bond motifs is 5. The van der Waals surface area contributed by atoms with Gasteiger partial charge in [-0.1, -0.05) is 31.2 Å². The Morgan fingerprint density at radius 1 is 0.976 bits per heavy atom. The van der Waals surface area contributed by atoms with Gasteiger partial charge in [-0.05, 0) is 91.7 Å². The highest BCUT2D eigenvalue weighted by Crippen LogP contribution is 2.61. The molecule has 0 aliphatic heterocycles. The molecule has 10 nitrogen and oxygen atoms in total. The zero-order valence-corrected chi connectivity index (χ0v) is 23.8. The molecule has 5 rings (SSSR count). The highest BCUT2D eigenvalue weighted by atomic mass is 16.9. The molecule has 10 heteroatoms. The fourth-order valence-corrected chi connectivity index (χ4v) is 7.39. The third-order valence-electron chi connectivity index (χ3n) is 9.39. The molecule has 0 aromatic heterocycles. The van der Waals surface area contributed by atoms with Gasteiger partial charge in [0.2, 0.25) is 0 Å². The molecule has 0 bridgehead atoms. The lowest BCUT2D eigenvalue weighted by atomic mass is 9.55. The lowest BCUT2D eigenvalue weighted by molar-refractivity contribution is -0.757. The highest BCUT2D eigenvalue weighted by Gasteiger charge is 2.56. The molecule has 0 heterocycles. The molecule has 3 aliphatic carbocycles. The molecular weight excluding hydrogens is 542 g/mol. The number of benzene rings is 2. The van der Waals surface area contributed by atoms with Gasteiger partial charge in [0, 0.05) is 11.8 Å². The van der Waals surface area contributed by atoms with E-state index in [0.29, 0.717) is 29.1 Å². The summed E-state index contributed by atoms with van der Waals surface area (Å²) >= 11 is 0. The van der Waals surface area contributed by atoms with Crippen LogP contribution in [0.4, 0.5) is 0 Å². The van der Waals surface area contributed by atoms with Crippen LogP contribution >= 0.6 is 0 Å². The molecule has 5 unspecified atom stereocenters. The van der Waals surface area contributed by atoms with Crippen LogP contribution in [0.3, 0.4) is 0 Å². The highest BCUT2D eigenvalue weighted by molar-refractivity contribution is 5.91. The number of esters is 3. The monoisotopic (exact) mass is 579 g/mol. The molecule has 0 saturated heterocycles. The van der Waals surface area contributed by atoms with Gasteiger partial charge in [0.05, 0.1) is 31.6 Å². The van der Waals surface area contributed by atoms with E-state index in [2.05, 4.69) is 17.8 Å². The van der Waals surface area contributed by atoms with E-state index < -0.39 is 17.0 Å². The predicted molar refractivity (Wildman–Crippen MR) is 150 cm³/mol. The number of aryl methyl sites for hydroxylation is 1. The van der Waals surface area contributed by atoms with Gasteiger partial charge in [0.25, 0.3) is 5.09 Å². The summed E-state index contributed by atoms with van der Waals surface area (Å²) in [7, 11) is 0. The van der Waals surface area contributed by atoms with Crippen molar-refractivity contribution in [2.45, 2.75) is 76.7 Å². The summed E-state index contributed by atoms with van der Waals surface area (Å²) < 4.78 is 16.6. The van der Waals surface area contributed by atoms with Crippen LogP contribution in [-0.4, -0.2) is 42.3 Å². The SMILES string of the molecule is CC12CCC3c4ccc(OC(=O)c5ccccc5)cc4CCC3C1CCC2OC(=O)CCC(=O)OCCCO[N+](=O)[O-]. The number of rotatable bonds is 11. The zero-order chi connectivity index (χ0) is 29.7. The quantitative estimate of drug-likeness (QED) is 0.110. The number of nitrogens with zero attached hydrogens (tertiary/aromatic N) is 1. The number of hydrogen-bond donors (Lipinski definition) is 0. The first-order valence-electron chi connectivity index (χ1n) is 14.8. The molecule has 3 aliphatic rings. The summed E-state index contributed by atoms with van der Waals surface area (Å²) in [5.74, 6) is 0.664. The molecule has 0 radical (unpaired) electrons. The summed E-state index contributed by atoms with van der Waals surface area (Å²) in [6.07, 6.45) is 5.64. The van der Waals surface area contributed by atoms with Gasteiger partial charge in [-0.15, -0.1) is 10.1 Å². The Labute approximate surface area is 244 Å². The van der Waals surface area contributed by atoms with Gasteiger partial charge in [0.15, 0.2) is 0 Å². The fraction of sp³-hybridized carbons (Fsp3) is 0.531. The van der Waals surface area contributed by atoms with E-state index in [4.69, 9.17) is 14.2 Å². The Bertz CT molecular complexity index is 1310. The van der Waals surface area contributed by atoms with E-state index in [1.807, 2.05) is 30.3 Å². The molecular formula is C32H37NO9. The molecule has 224 valence electrons. The van der Waals surface area contributed by atoms with Crippen LogP contribution in [0.25, 0.3) is 0 Å². The first-order chi connectivity index (χ1) is 20.2. The van der Waals surface area contributed by atoms with Crippen LogP contribution in [-0.2, 0) is 30.3 Å². The molecule has 42 heavy (non-hydrogen) atoms. The molecule has 5 atom stereocenters. The Hall–Kier alpha value is -3.95. The second kappa shape index (κ2) is 12.9. The van der Waals surface area contributed by atoms with Gasteiger partial charge in [-0.2, -0.15) is 0 Å². The van der Waals surface area contributed by atoms with Crippen LogP contribution in [0.15, 0.2) is 48.5 Å². The van der Waals surface area contributed by atoms with Crippen molar-refractivity contribution in [3.05, 3.63) is 75.3 Å². The van der Waals surface area contributed by atoms with Gasteiger partial charge < -0.3 is 19.0 Å². The summed E-state index contributed by atoms with van der Waals surface area (Å²) in [6, 6.07) is 15.0. The van der Waals surface area contributed by atoms with Crippen molar-refractivity contribution in [3.8, 4) is 5.75 Å². The van der Waals surface area contributed by atoms with Crippen molar-refractivity contribution in [2.75, 3.05) is 13.2 Å². The summed E-state index contributed by atoms with van der Waals surface area (Å²) in [5, 5.41) is 9.24. The van der Waals surface area contributed by atoms with E-state index in [-0.39, 0.29) is 50.0 Å². The minimum Gasteiger partial charge on any atom is -0.466 e. The zero-order valence-electron chi connectivity index (χ0n) is 23.8. The average molecular weight is 580 g/mol. The van der Waals surface area contributed by atoms with Crippen molar-refractivity contribution in [1.29, 1.82) is 0 Å². The normalized spacial score (nSPS) is 25.7. The predicted octanol–water partition coefficient (Wildman–Crippen LogP) is 5.60. The smallest absolute Gasteiger partial charge is 0.343 e. The van der Waals surface area contributed by atoms with Crippen molar-refractivity contribution >= 4 is 17.9 Å². The summed E-state index contributed by atoms with van der Waals surface area (Å²) in [5.41, 5.74) is 3.01. The van der Waals surface area contributed by atoms with Crippen molar-refractivity contribution in [3.63, 3.8) is 0 Å². The van der Waals surface area contributed by atoms with Crippen LogP contribution in [0.5, 0.6) is 5.75 Å². The molecule has 2 saturated carbocycles. The first kappa shape index (κ1) is 29.5. The second-order valence-electron chi connectivity index (χ2n) is 11.8. The fourth-order valence-electron chi connectivity index (χ4n) is 7.39. The Morgan fingerprint density at radius 2 is 1.76 bits per heavy atom. The van der Waals surface area contributed by atoms with E-state index in [1.54, 1.807) is 12.1 Å². The van der Waals surface area contributed by atoms with E-state index in [1.165, 1.54) is 11.1 Å². The molecule has 2 aromatic carbocycles. The Balaban J connectivity index is 1.13. The second-order valence-corrected chi connectivity index (χ2v) is 11.8. The largest absolute Gasteiger partial charge is 0.466 e. The average Bonchev–Trinajstić information content (AvgIpc) is 3.31. The van der Waals surface area contributed by atoms with E-state index in [9.17, 15) is 24.5 Å². The summed E-state index contributed by atoms with van der Waals surface area (Å²) in [4.78, 5) is 51.4. The van der Waals surface area contributed by atoms with Gasteiger partial charge >= 0.3 is 17.9 Å². The third kappa shape index (κ3) is 6.58. The first-order valence-corrected chi connectivity index (χ1v) is 14.8. The lowest BCUT2D eigenvalue weighted by Gasteiger charge is -2.50. The molecule has 2 aromatic rings. The standard InChI is InChI=1S/C32H37NO9/c1-32-17-16-25-24-11-9-23(41-31(36)21-6-3-2-4-7-21)20-22(24)8-10-26(25)27(32)12-13-28(32)42-30(35)15-14-29(34)39-18-5-19-40-33(37)38/h2-4,6-7,9,11,20,25-28H,5,8,10,12-19H2,1H3. The van der Waals surface area contributed by atoms with Crippen molar-refractivity contribution in [1.82, 2.24) is 0 Å². The number of ether oxygens (including phenoxy) is 3.